The van der Waals surface area contributed by atoms with E-state index in [1.807, 2.05) is 34.7 Å². The van der Waals surface area contributed by atoms with Gasteiger partial charge < -0.3 is 14.8 Å². The highest BCUT2D eigenvalue weighted by Gasteiger charge is 2.23. The Morgan fingerprint density at radius 2 is 2.18 bits per heavy atom. The Morgan fingerprint density at radius 3 is 3.09 bits per heavy atom. The van der Waals surface area contributed by atoms with Gasteiger partial charge in [-0.1, -0.05) is 18.2 Å². The SMILES string of the molecule is COc1cccc2c1OCC(Nc1cccc3nncn13)C2. The number of anilines is 1. The Morgan fingerprint density at radius 1 is 1.27 bits per heavy atom. The number of methoxy groups -OCH3 is 1. The Labute approximate surface area is 127 Å². The summed E-state index contributed by atoms with van der Waals surface area (Å²) in [4.78, 5) is 0. The van der Waals surface area contributed by atoms with Gasteiger partial charge in [-0.25, -0.2) is 0 Å². The number of fused-ring (bicyclic) bond motifs is 2. The summed E-state index contributed by atoms with van der Waals surface area (Å²) in [7, 11) is 1.66. The molecule has 0 radical (unpaired) electrons. The van der Waals surface area contributed by atoms with E-state index in [1.54, 1.807) is 13.4 Å². The van der Waals surface area contributed by atoms with Gasteiger partial charge in [-0.15, -0.1) is 10.2 Å². The number of aromatic nitrogens is 3. The summed E-state index contributed by atoms with van der Waals surface area (Å²) in [6, 6.07) is 12.1. The molecule has 0 saturated carbocycles. The van der Waals surface area contributed by atoms with E-state index in [0.717, 1.165) is 34.9 Å². The van der Waals surface area contributed by atoms with Gasteiger partial charge in [0.2, 0.25) is 0 Å². The van der Waals surface area contributed by atoms with Gasteiger partial charge in [-0.3, -0.25) is 4.40 Å². The zero-order valence-corrected chi connectivity index (χ0v) is 12.2. The van der Waals surface area contributed by atoms with E-state index in [1.165, 1.54) is 0 Å². The summed E-state index contributed by atoms with van der Waals surface area (Å²) in [6.45, 7) is 0.589. The van der Waals surface area contributed by atoms with Crippen LogP contribution in [0.5, 0.6) is 11.5 Å². The topological polar surface area (TPSA) is 60.7 Å². The highest BCUT2D eigenvalue weighted by atomic mass is 16.5. The van der Waals surface area contributed by atoms with Crippen molar-refractivity contribution >= 4 is 11.5 Å². The molecule has 1 unspecified atom stereocenters. The van der Waals surface area contributed by atoms with Gasteiger partial charge in [0.25, 0.3) is 0 Å². The fourth-order valence-corrected chi connectivity index (χ4v) is 2.82. The van der Waals surface area contributed by atoms with Gasteiger partial charge in [-0.05, 0) is 24.6 Å². The van der Waals surface area contributed by atoms with Gasteiger partial charge >= 0.3 is 0 Å². The smallest absolute Gasteiger partial charge is 0.164 e. The van der Waals surface area contributed by atoms with E-state index < -0.39 is 0 Å². The summed E-state index contributed by atoms with van der Waals surface area (Å²) < 4.78 is 13.2. The molecule has 22 heavy (non-hydrogen) atoms. The van der Waals surface area contributed by atoms with Crippen LogP contribution in [0.25, 0.3) is 5.65 Å². The zero-order valence-electron chi connectivity index (χ0n) is 12.2. The number of hydrogen-bond donors (Lipinski definition) is 1. The average molecular weight is 296 g/mol. The molecule has 6 heteroatoms. The zero-order chi connectivity index (χ0) is 14.9. The van der Waals surface area contributed by atoms with Crippen molar-refractivity contribution in [3.8, 4) is 11.5 Å². The summed E-state index contributed by atoms with van der Waals surface area (Å²) in [6.07, 6.45) is 2.59. The lowest BCUT2D eigenvalue weighted by Gasteiger charge is -2.28. The number of nitrogens with one attached hydrogen (secondary N) is 1. The second-order valence-electron chi connectivity index (χ2n) is 5.28. The number of ether oxygens (including phenoxy) is 2. The standard InChI is InChI=1S/C16H16N4O2/c1-21-13-5-2-4-11-8-12(9-22-16(11)13)18-14-6-3-7-15-19-17-10-20(14)15/h2-7,10,12,18H,8-9H2,1H3. The van der Waals surface area contributed by atoms with Crippen LogP contribution in [0.2, 0.25) is 0 Å². The maximum atomic E-state index is 5.90. The maximum Gasteiger partial charge on any atom is 0.164 e. The quantitative estimate of drug-likeness (QED) is 0.802. The van der Waals surface area contributed by atoms with Crippen LogP contribution in [0.1, 0.15) is 5.56 Å². The van der Waals surface area contributed by atoms with E-state index in [-0.39, 0.29) is 6.04 Å². The molecule has 112 valence electrons. The van der Waals surface area contributed by atoms with Crippen molar-refractivity contribution in [2.45, 2.75) is 12.5 Å². The summed E-state index contributed by atoms with van der Waals surface area (Å²) in [5, 5.41) is 11.5. The van der Waals surface area contributed by atoms with Gasteiger partial charge in [0.05, 0.1) is 13.2 Å². The first kappa shape index (κ1) is 12.9. The molecule has 1 N–H and O–H groups in total. The molecular formula is C16H16N4O2. The number of hydrogen-bond acceptors (Lipinski definition) is 5. The molecule has 1 aromatic carbocycles. The van der Waals surface area contributed by atoms with Crippen molar-refractivity contribution < 1.29 is 9.47 Å². The predicted molar refractivity (Wildman–Crippen MR) is 82.6 cm³/mol. The van der Waals surface area contributed by atoms with Crippen LogP contribution in [-0.4, -0.2) is 34.4 Å². The molecule has 3 heterocycles. The number of pyridine rings is 1. The largest absolute Gasteiger partial charge is 0.493 e. The summed E-state index contributed by atoms with van der Waals surface area (Å²) in [5.41, 5.74) is 1.97. The number of rotatable bonds is 3. The lowest BCUT2D eigenvalue weighted by Crippen LogP contribution is -2.33. The number of benzene rings is 1. The van der Waals surface area contributed by atoms with Crippen molar-refractivity contribution in [1.29, 1.82) is 0 Å². The second-order valence-corrected chi connectivity index (χ2v) is 5.28. The highest BCUT2D eigenvalue weighted by Crippen LogP contribution is 2.35. The third-order valence-corrected chi connectivity index (χ3v) is 3.86. The molecule has 3 aromatic rings. The van der Waals surface area contributed by atoms with Crippen molar-refractivity contribution in [3.63, 3.8) is 0 Å². The fraction of sp³-hybridized carbons (Fsp3) is 0.250. The predicted octanol–water partition coefficient (Wildman–Crippen LogP) is 2.15. The first-order chi connectivity index (χ1) is 10.8. The van der Waals surface area contributed by atoms with Crippen LogP contribution < -0.4 is 14.8 Å². The molecule has 0 aliphatic carbocycles. The van der Waals surface area contributed by atoms with E-state index >= 15 is 0 Å². The molecule has 0 bridgehead atoms. The first-order valence-corrected chi connectivity index (χ1v) is 7.19. The Bertz CT molecular complexity index is 815. The van der Waals surface area contributed by atoms with E-state index in [4.69, 9.17) is 9.47 Å². The molecule has 6 nitrogen and oxygen atoms in total. The van der Waals surface area contributed by atoms with Crippen LogP contribution in [-0.2, 0) is 6.42 Å². The van der Waals surface area contributed by atoms with E-state index in [2.05, 4.69) is 21.6 Å². The van der Waals surface area contributed by atoms with Crippen LogP contribution in [0.4, 0.5) is 5.82 Å². The van der Waals surface area contributed by atoms with Crippen LogP contribution in [0, 0.1) is 0 Å². The van der Waals surface area contributed by atoms with E-state index in [0.29, 0.717) is 6.61 Å². The van der Waals surface area contributed by atoms with Gasteiger partial charge in [0, 0.05) is 5.56 Å². The third kappa shape index (κ3) is 2.13. The van der Waals surface area contributed by atoms with Crippen LogP contribution >= 0.6 is 0 Å². The molecule has 0 saturated heterocycles. The molecule has 0 amide bonds. The minimum absolute atomic E-state index is 0.188. The Kier molecular flexibility index (Phi) is 3.07. The highest BCUT2D eigenvalue weighted by molar-refractivity contribution is 5.52. The third-order valence-electron chi connectivity index (χ3n) is 3.86. The molecule has 2 aromatic heterocycles. The van der Waals surface area contributed by atoms with E-state index in [9.17, 15) is 0 Å². The summed E-state index contributed by atoms with van der Waals surface area (Å²) >= 11 is 0. The second kappa shape index (κ2) is 5.22. The van der Waals surface area contributed by atoms with Crippen molar-refractivity contribution in [2.75, 3.05) is 19.0 Å². The lowest BCUT2D eigenvalue weighted by molar-refractivity contribution is 0.256. The first-order valence-electron chi connectivity index (χ1n) is 7.19. The fourth-order valence-electron chi connectivity index (χ4n) is 2.82. The minimum Gasteiger partial charge on any atom is -0.493 e. The van der Waals surface area contributed by atoms with Gasteiger partial charge in [0.15, 0.2) is 17.1 Å². The number of para-hydroxylation sites is 1. The molecule has 0 spiro atoms. The Balaban J connectivity index is 1.59. The molecular weight excluding hydrogens is 280 g/mol. The normalized spacial score (nSPS) is 16.9. The Hall–Kier alpha value is -2.76. The van der Waals surface area contributed by atoms with Crippen molar-refractivity contribution in [3.05, 3.63) is 48.3 Å². The van der Waals surface area contributed by atoms with Gasteiger partial charge in [-0.2, -0.15) is 0 Å². The monoisotopic (exact) mass is 296 g/mol. The van der Waals surface area contributed by atoms with Crippen molar-refractivity contribution in [2.24, 2.45) is 0 Å². The molecule has 4 rings (SSSR count). The molecule has 1 atom stereocenters. The minimum atomic E-state index is 0.188. The molecule has 1 aliphatic rings. The molecule has 0 fully saturated rings. The average Bonchev–Trinajstić information content (AvgIpc) is 3.04. The lowest BCUT2D eigenvalue weighted by atomic mass is 10.0. The number of nitrogens with zero attached hydrogens (tertiary/aromatic N) is 3. The van der Waals surface area contributed by atoms with Crippen LogP contribution in [0.15, 0.2) is 42.7 Å². The van der Waals surface area contributed by atoms with Crippen molar-refractivity contribution in [1.82, 2.24) is 14.6 Å². The van der Waals surface area contributed by atoms with Gasteiger partial charge in [0.1, 0.15) is 18.8 Å². The maximum absolute atomic E-state index is 5.90. The molecule has 1 aliphatic heterocycles. The van der Waals surface area contributed by atoms with Crippen LogP contribution in [0.3, 0.4) is 0 Å². The summed E-state index contributed by atoms with van der Waals surface area (Å²) in [5.74, 6) is 2.60.